The topological polar surface area (TPSA) is 139 Å². The Morgan fingerprint density at radius 2 is 2.19 bits per heavy atom. The predicted molar refractivity (Wildman–Crippen MR) is 70.4 cm³/mol. The van der Waals surface area contributed by atoms with Crippen LogP contribution in [-0.4, -0.2) is 34.3 Å². The second-order valence-electron chi connectivity index (χ2n) is 5.35. The molecule has 2 rings (SSSR count). The van der Waals surface area contributed by atoms with E-state index in [0.29, 0.717) is 0 Å². The summed E-state index contributed by atoms with van der Waals surface area (Å²) in [5.74, 6) is -1.53. The molecule has 0 radical (unpaired) electrons. The van der Waals surface area contributed by atoms with Crippen LogP contribution in [0.4, 0.5) is 5.69 Å². The fourth-order valence-electron chi connectivity index (χ4n) is 2.29. The summed E-state index contributed by atoms with van der Waals surface area (Å²) in [7, 11) is 0. The third kappa shape index (κ3) is 2.34. The predicted octanol–water partition coefficient (Wildman–Crippen LogP) is -0.249. The molecule has 1 fully saturated rings. The molecule has 1 aliphatic heterocycles. The number of hydrogen-bond acceptors (Lipinski definition) is 6. The van der Waals surface area contributed by atoms with Crippen LogP contribution >= 0.6 is 0 Å². The van der Waals surface area contributed by atoms with E-state index in [1.54, 1.807) is 13.8 Å². The van der Waals surface area contributed by atoms with Crippen LogP contribution in [0, 0.1) is 12.3 Å². The van der Waals surface area contributed by atoms with Crippen molar-refractivity contribution in [2.24, 2.45) is 11.1 Å². The summed E-state index contributed by atoms with van der Waals surface area (Å²) in [6.45, 7) is 4.69. The van der Waals surface area contributed by atoms with Crippen LogP contribution in [0.25, 0.3) is 0 Å². The van der Waals surface area contributed by atoms with Crippen molar-refractivity contribution in [3.8, 4) is 0 Å². The van der Waals surface area contributed by atoms with Gasteiger partial charge in [0.1, 0.15) is 6.04 Å². The zero-order chi connectivity index (χ0) is 15.9. The van der Waals surface area contributed by atoms with Gasteiger partial charge in [0, 0.05) is 0 Å². The largest absolute Gasteiger partial charge is 0.480 e. The molecular weight excluding hydrogens is 282 g/mol. The number of aromatic nitrogens is 1. The summed E-state index contributed by atoms with van der Waals surface area (Å²) >= 11 is 0. The number of aryl methyl sites for hydroxylation is 1. The Labute approximate surface area is 119 Å². The molecule has 3 unspecified atom stereocenters. The third-order valence-electron chi connectivity index (χ3n) is 3.84. The molecule has 4 N–H and O–H groups in total. The Morgan fingerprint density at radius 3 is 2.67 bits per heavy atom. The number of hydrogen-bond donors (Lipinski definition) is 3. The summed E-state index contributed by atoms with van der Waals surface area (Å²) in [4.78, 5) is 40.6. The number of anilines is 1. The minimum atomic E-state index is -1.20. The number of nitrogens with one attached hydrogen (secondary N) is 1. The standard InChI is InChI=1S/C12H17N3O6/c1-5-8(9(16)14-20-5)15-11(19)12(3,6(2)21-15)4-7(13)10(17)18/h6-7H,4,13H2,1-3H3,(H,14,16)(H,17,18). The lowest BCUT2D eigenvalue weighted by atomic mass is 9.79. The summed E-state index contributed by atoms with van der Waals surface area (Å²) in [6.07, 6.45) is -0.739. The number of carboxylic acids is 1. The zero-order valence-electron chi connectivity index (χ0n) is 11.9. The third-order valence-corrected chi connectivity index (χ3v) is 3.84. The first-order valence-corrected chi connectivity index (χ1v) is 6.36. The van der Waals surface area contributed by atoms with Crippen molar-refractivity contribution in [3.63, 3.8) is 0 Å². The van der Waals surface area contributed by atoms with Gasteiger partial charge in [-0.25, -0.2) is 0 Å². The van der Waals surface area contributed by atoms with Crippen LogP contribution in [0.2, 0.25) is 0 Å². The second kappa shape index (κ2) is 5.01. The normalized spacial score (nSPS) is 27.1. The van der Waals surface area contributed by atoms with Gasteiger partial charge in [-0.05, 0) is 27.2 Å². The summed E-state index contributed by atoms with van der Waals surface area (Å²) in [6, 6.07) is -1.20. The van der Waals surface area contributed by atoms with E-state index in [0.717, 1.165) is 5.06 Å². The maximum Gasteiger partial charge on any atom is 0.320 e. The zero-order valence-corrected chi connectivity index (χ0v) is 11.9. The average molecular weight is 299 g/mol. The quantitative estimate of drug-likeness (QED) is 0.696. The molecule has 1 saturated heterocycles. The number of hydroxylamine groups is 1. The van der Waals surface area contributed by atoms with Gasteiger partial charge in [0.25, 0.3) is 5.91 Å². The summed E-state index contributed by atoms with van der Waals surface area (Å²) in [5.41, 5.74) is 3.73. The molecule has 0 aliphatic carbocycles. The minimum Gasteiger partial charge on any atom is -0.480 e. The number of amides is 1. The summed E-state index contributed by atoms with van der Waals surface area (Å²) in [5, 5.41) is 11.9. The molecule has 1 amide bonds. The highest BCUT2D eigenvalue weighted by Gasteiger charge is 2.53. The molecule has 0 aromatic carbocycles. The first-order valence-electron chi connectivity index (χ1n) is 6.36. The van der Waals surface area contributed by atoms with Crippen molar-refractivity contribution < 1.29 is 24.1 Å². The van der Waals surface area contributed by atoms with Gasteiger partial charge in [-0.1, -0.05) is 0 Å². The molecule has 0 bridgehead atoms. The maximum absolute atomic E-state index is 12.6. The number of nitrogens with zero attached hydrogens (tertiary/aromatic N) is 1. The number of carbonyl (C=O) groups excluding carboxylic acids is 1. The molecule has 3 atom stereocenters. The van der Waals surface area contributed by atoms with Crippen molar-refractivity contribution in [2.45, 2.75) is 39.3 Å². The highest BCUT2D eigenvalue weighted by atomic mass is 16.7. The van der Waals surface area contributed by atoms with Crippen molar-refractivity contribution in [1.29, 1.82) is 0 Å². The van der Waals surface area contributed by atoms with Crippen LogP contribution in [0.5, 0.6) is 0 Å². The van der Waals surface area contributed by atoms with Gasteiger partial charge in [0.15, 0.2) is 11.4 Å². The number of aromatic amines is 1. The van der Waals surface area contributed by atoms with Crippen LogP contribution in [0.1, 0.15) is 26.0 Å². The van der Waals surface area contributed by atoms with Crippen LogP contribution in [0.15, 0.2) is 9.32 Å². The maximum atomic E-state index is 12.6. The Balaban J connectivity index is 2.34. The van der Waals surface area contributed by atoms with E-state index in [1.165, 1.54) is 6.92 Å². The monoisotopic (exact) mass is 299 g/mol. The molecular formula is C12H17N3O6. The van der Waals surface area contributed by atoms with E-state index in [2.05, 4.69) is 5.16 Å². The molecule has 2 heterocycles. The fraction of sp³-hybridized carbons (Fsp3) is 0.583. The van der Waals surface area contributed by atoms with E-state index in [1.807, 2.05) is 0 Å². The minimum absolute atomic E-state index is 0.0422. The Kier molecular flexibility index (Phi) is 3.64. The highest BCUT2D eigenvalue weighted by Crippen LogP contribution is 2.40. The number of H-pyrrole nitrogens is 1. The number of aliphatic carboxylic acids is 1. The van der Waals surface area contributed by atoms with Crippen molar-refractivity contribution >= 4 is 17.6 Å². The van der Waals surface area contributed by atoms with E-state index < -0.39 is 35.0 Å². The van der Waals surface area contributed by atoms with E-state index in [-0.39, 0.29) is 17.9 Å². The SMILES string of the molecule is Cc1o[nH]c(=O)c1N1OC(C)C(C)(CC(N)C(=O)O)C1=O. The lowest BCUT2D eigenvalue weighted by Gasteiger charge is -2.25. The van der Waals surface area contributed by atoms with Gasteiger partial charge in [0.2, 0.25) is 0 Å². The molecule has 9 nitrogen and oxygen atoms in total. The van der Waals surface area contributed by atoms with E-state index >= 15 is 0 Å². The highest BCUT2D eigenvalue weighted by molar-refractivity contribution is 5.98. The fourth-order valence-corrected chi connectivity index (χ4v) is 2.29. The molecule has 1 aliphatic rings. The lowest BCUT2D eigenvalue weighted by Crippen LogP contribution is -2.43. The smallest absolute Gasteiger partial charge is 0.320 e. The lowest BCUT2D eigenvalue weighted by molar-refractivity contribution is -0.140. The molecule has 0 saturated carbocycles. The van der Waals surface area contributed by atoms with Gasteiger partial charge in [-0.3, -0.25) is 19.2 Å². The number of rotatable bonds is 4. The first-order chi connectivity index (χ1) is 9.68. The molecule has 21 heavy (non-hydrogen) atoms. The number of carboxylic acid groups (broad SMARTS) is 1. The van der Waals surface area contributed by atoms with Crippen molar-refractivity contribution in [1.82, 2.24) is 5.16 Å². The second-order valence-corrected chi connectivity index (χ2v) is 5.35. The van der Waals surface area contributed by atoms with Crippen LogP contribution in [-0.2, 0) is 14.4 Å². The molecule has 1 aromatic rings. The van der Waals surface area contributed by atoms with Gasteiger partial charge in [-0.2, -0.15) is 10.2 Å². The van der Waals surface area contributed by atoms with Crippen molar-refractivity contribution in [3.05, 3.63) is 16.1 Å². The van der Waals surface area contributed by atoms with Gasteiger partial charge < -0.3 is 15.4 Å². The Hall–Kier alpha value is -2.13. The van der Waals surface area contributed by atoms with Gasteiger partial charge in [-0.15, -0.1) is 0 Å². The molecule has 0 spiro atoms. The van der Waals surface area contributed by atoms with E-state index in [9.17, 15) is 14.4 Å². The van der Waals surface area contributed by atoms with Gasteiger partial charge in [0.05, 0.1) is 11.5 Å². The Morgan fingerprint density at radius 1 is 1.57 bits per heavy atom. The summed E-state index contributed by atoms with van der Waals surface area (Å²) < 4.78 is 4.85. The Bertz CT molecular complexity index is 635. The first kappa shape index (κ1) is 15.3. The molecule has 9 heteroatoms. The molecule has 116 valence electrons. The number of nitrogens with two attached hydrogens (primary N) is 1. The van der Waals surface area contributed by atoms with Gasteiger partial charge >= 0.3 is 11.5 Å². The average Bonchev–Trinajstić information content (AvgIpc) is 2.83. The van der Waals surface area contributed by atoms with E-state index in [4.69, 9.17) is 20.2 Å². The molecule has 1 aromatic heterocycles. The van der Waals surface area contributed by atoms with Crippen molar-refractivity contribution in [2.75, 3.05) is 5.06 Å². The van der Waals surface area contributed by atoms with Crippen LogP contribution in [0.3, 0.4) is 0 Å². The number of carbonyl (C=O) groups is 2. The van der Waals surface area contributed by atoms with Crippen LogP contribution < -0.4 is 16.4 Å².